The van der Waals surface area contributed by atoms with E-state index in [4.69, 9.17) is 5.73 Å². The van der Waals surface area contributed by atoms with Gasteiger partial charge in [0.1, 0.15) is 11.5 Å². The van der Waals surface area contributed by atoms with E-state index in [1.807, 2.05) is 0 Å². The number of pyridine rings is 1. The molecule has 1 aromatic heterocycles. The Morgan fingerprint density at radius 3 is 2.78 bits per heavy atom. The van der Waals surface area contributed by atoms with Gasteiger partial charge in [0.2, 0.25) is 0 Å². The van der Waals surface area contributed by atoms with E-state index in [0.717, 1.165) is 19.3 Å². The van der Waals surface area contributed by atoms with Crippen molar-refractivity contribution in [2.75, 3.05) is 5.32 Å². The molecule has 1 heterocycles. The molecule has 0 amide bonds. The minimum atomic E-state index is -0.418. The van der Waals surface area contributed by atoms with Crippen molar-refractivity contribution in [1.82, 2.24) is 4.98 Å². The summed E-state index contributed by atoms with van der Waals surface area (Å²) in [5.74, 6) is 0.667. The van der Waals surface area contributed by atoms with Crippen LogP contribution in [-0.4, -0.2) is 22.0 Å². The fourth-order valence-electron chi connectivity index (χ4n) is 2.36. The van der Waals surface area contributed by atoms with Crippen LogP contribution in [0.25, 0.3) is 0 Å². The molecule has 1 saturated carbocycles. The van der Waals surface area contributed by atoms with Gasteiger partial charge in [-0.1, -0.05) is 12.8 Å². The van der Waals surface area contributed by atoms with Crippen molar-refractivity contribution >= 4 is 11.5 Å². The summed E-state index contributed by atoms with van der Waals surface area (Å²) in [6.07, 6.45) is 4.38. The predicted octanol–water partition coefficient (Wildman–Crippen LogP) is 1.98. The van der Waals surface area contributed by atoms with Gasteiger partial charge >= 0.3 is 0 Å². The number of nitrogens with one attached hydrogen (secondary N) is 1. The Hall–Kier alpha value is -1.69. The van der Waals surface area contributed by atoms with Crippen LogP contribution < -0.4 is 11.1 Å². The molecular formula is C12H18N4O2. The summed E-state index contributed by atoms with van der Waals surface area (Å²) in [4.78, 5) is 14.5. The van der Waals surface area contributed by atoms with Crippen molar-refractivity contribution in [2.45, 2.75) is 44.7 Å². The van der Waals surface area contributed by atoms with Crippen LogP contribution in [0.2, 0.25) is 0 Å². The van der Waals surface area contributed by atoms with Gasteiger partial charge in [0, 0.05) is 18.2 Å². The lowest BCUT2D eigenvalue weighted by atomic mass is 9.91. The summed E-state index contributed by atoms with van der Waals surface area (Å²) < 4.78 is 0. The summed E-state index contributed by atoms with van der Waals surface area (Å²) in [6.45, 7) is 1.64. The maximum absolute atomic E-state index is 10.7. The van der Waals surface area contributed by atoms with Gasteiger partial charge in [-0.25, -0.2) is 4.98 Å². The monoisotopic (exact) mass is 250 g/mol. The van der Waals surface area contributed by atoms with Crippen molar-refractivity contribution in [2.24, 2.45) is 5.73 Å². The second-order valence-electron chi connectivity index (χ2n) is 4.76. The van der Waals surface area contributed by atoms with E-state index in [0.29, 0.717) is 11.5 Å². The fraction of sp³-hybridized carbons (Fsp3) is 0.583. The minimum absolute atomic E-state index is 0.0495. The predicted molar refractivity (Wildman–Crippen MR) is 69.5 cm³/mol. The van der Waals surface area contributed by atoms with E-state index < -0.39 is 4.92 Å². The number of nitrogens with two attached hydrogens (primary N) is 1. The van der Waals surface area contributed by atoms with Gasteiger partial charge in [-0.2, -0.15) is 0 Å². The number of aryl methyl sites for hydroxylation is 1. The maximum atomic E-state index is 10.7. The molecule has 2 rings (SSSR count). The van der Waals surface area contributed by atoms with Crippen LogP contribution in [0, 0.1) is 17.0 Å². The first-order chi connectivity index (χ1) is 8.58. The minimum Gasteiger partial charge on any atom is -0.366 e. The zero-order valence-electron chi connectivity index (χ0n) is 10.4. The maximum Gasteiger partial charge on any atom is 0.290 e. The average Bonchev–Trinajstić information content (AvgIpc) is 2.32. The molecular weight excluding hydrogens is 232 g/mol. The van der Waals surface area contributed by atoms with Crippen LogP contribution in [0.4, 0.5) is 11.5 Å². The average molecular weight is 250 g/mol. The van der Waals surface area contributed by atoms with Gasteiger partial charge in [0.25, 0.3) is 5.69 Å². The Morgan fingerprint density at radius 1 is 1.44 bits per heavy atom. The Bertz CT molecular complexity index is 450. The SMILES string of the molecule is Cc1nc(NC2CCCCC2N)ccc1[N+](=O)[O-]. The summed E-state index contributed by atoms with van der Waals surface area (Å²) in [6, 6.07) is 3.48. The van der Waals surface area contributed by atoms with E-state index in [9.17, 15) is 10.1 Å². The number of hydrogen-bond donors (Lipinski definition) is 2. The highest BCUT2D eigenvalue weighted by molar-refractivity contribution is 5.45. The molecule has 6 nitrogen and oxygen atoms in total. The molecule has 98 valence electrons. The van der Waals surface area contributed by atoms with E-state index in [2.05, 4.69) is 10.3 Å². The molecule has 0 aliphatic heterocycles. The van der Waals surface area contributed by atoms with Crippen LogP contribution in [0.3, 0.4) is 0 Å². The smallest absolute Gasteiger partial charge is 0.290 e. The lowest BCUT2D eigenvalue weighted by Gasteiger charge is -2.29. The van der Waals surface area contributed by atoms with E-state index >= 15 is 0 Å². The Balaban J connectivity index is 2.10. The number of rotatable bonds is 3. The molecule has 2 atom stereocenters. The molecule has 0 radical (unpaired) electrons. The first-order valence-electron chi connectivity index (χ1n) is 6.22. The topological polar surface area (TPSA) is 94.1 Å². The number of aromatic nitrogens is 1. The molecule has 18 heavy (non-hydrogen) atoms. The Labute approximate surface area is 106 Å². The molecule has 1 aliphatic carbocycles. The highest BCUT2D eigenvalue weighted by Gasteiger charge is 2.22. The molecule has 1 fully saturated rings. The molecule has 0 spiro atoms. The molecule has 6 heteroatoms. The quantitative estimate of drug-likeness (QED) is 0.632. The molecule has 3 N–H and O–H groups in total. The van der Waals surface area contributed by atoms with Crippen LogP contribution in [0.15, 0.2) is 12.1 Å². The highest BCUT2D eigenvalue weighted by Crippen LogP contribution is 2.22. The third kappa shape index (κ3) is 2.76. The largest absolute Gasteiger partial charge is 0.366 e. The fourth-order valence-corrected chi connectivity index (χ4v) is 2.36. The van der Waals surface area contributed by atoms with Gasteiger partial charge in [-0.15, -0.1) is 0 Å². The van der Waals surface area contributed by atoms with Crippen molar-refractivity contribution in [1.29, 1.82) is 0 Å². The van der Waals surface area contributed by atoms with Gasteiger partial charge in [0.05, 0.1) is 4.92 Å². The Morgan fingerprint density at radius 2 is 2.17 bits per heavy atom. The Kier molecular flexibility index (Phi) is 3.76. The molecule has 0 saturated heterocycles. The number of anilines is 1. The van der Waals surface area contributed by atoms with E-state index in [-0.39, 0.29) is 17.8 Å². The number of hydrogen-bond acceptors (Lipinski definition) is 5. The van der Waals surface area contributed by atoms with Crippen LogP contribution in [0.1, 0.15) is 31.4 Å². The molecule has 1 aliphatic rings. The number of nitrogens with zero attached hydrogens (tertiary/aromatic N) is 2. The zero-order valence-corrected chi connectivity index (χ0v) is 10.4. The molecule has 0 bridgehead atoms. The van der Waals surface area contributed by atoms with Crippen molar-refractivity contribution in [3.05, 3.63) is 27.9 Å². The first-order valence-corrected chi connectivity index (χ1v) is 6.22. The lowest BCUT2D eigenvalue weighted by molar-refractivity contribution is -0.385. The van der Waals surface area contributed by atoms with Crippen molar-refractivity contribution < 1.29 is 4.92 Å². The van der Waals surface area contributed by atoms with Gasteiger partial charge in [0.15, 0.2) is 0 Å². The van der Waals surface area contributed by atoms with Gasteiger partial charge in [-0.05, 0) is 25.8 Å². The number of nitro groups is 1. The van der Waals surface area contributed by atoms with Gasteiger partial charge < -0.3 is 11.1 Å². The molecule has 2 unspecified atom stereocenters. The standard InChI is InChI=1S/C12H18N4O2/c1-8-11(16(17)18)6-7-12(14-8)15-10-5-3-2-4-9(10)13/h6-7,9-10H,2-5,13H2,1H3,(H,14,15). The zero-order chi connectivity index (χ0) is 13.1. The van der Waals surface area contributed by atoms with Gasteiger partial charge in [-0.3, -0.25) is 10.1 Å². The first kappa shape index (κ1) is 12.8. The third-order valence-corrected chi connectivity index (χ3v) is 3.41. The van der Waals surface area contributed by atoms with Crippen LogP contribution in [0.5, 0.6) is 0 Å². The second kappa shape index (κ2) is 5.30. The third-order valence-electron chi connectivity index (χ3n) is 3.41. The van der Waals surface area contributed by atoms with Crippen molar-refractivity contribution in [3.8, 4) is 0 Å². The normalized spacial score (nSPS) is 23.7. The summed E-state index contributed by atoms with van der Waals surface area (Å²) >= 11 is 0. The molecule has 0 aromatic carbocycles. The van der Waals surface area contributed by atoms with Crippen LogP contribution >= 0.6 is 0 Å². The second-order valence-corrected chi connectivity index (χ2v) is 4.76. The summed E-state index contributed by atoms with van der Waals surface area (Å²) in [7, 11) is 0. The van der Waals surface area contributed by atoms with E-state index in [1.165, 1.54) is 12.5 Å². The van der Waals surface area contributed by atoms with Crippen molar-refractivity contribution in [3.63, 3.8) is 0 Å². The summed E-state index contributed by atoms with van der Waals surface area (Å²) in [5, 5.41) is 14.0. The van der Waals surface area contributed by atoms with Crippen LogP contribution in [-0.2, 0) is 0 Å². The summed E-state index contributed by atoms with van der Waals surface area (Å²) in [5.41, 5.74) is 6.52. The van der Waals surface area contributed by atoms with E-state index in [1.54, 1.807) is 13.0 Å². The highest BCUT2D eigenvalue weighted by atomic mass is 16.6. The lowest BCUT2D eigenvalue weighted by Crippen LogP contribution is -2.42. The molecule has 1 aromatic rings.